The Kier molecular flexibility index (Phi) is 6.32. The largest absolute Gasteiger partial charge is 0.380 e. The molecule has 1 rings (SSSR count). The molecule has 0 aliphatic carbocycles. The number of hydrogen-bond donors (Lipinski definition) is 1. The van der Waals surface area contributed by atoms with E-state index in [1.165, 1.54) is 13.0 Å². The van der Waals surface area contributed by atoms with Crippen LogP contribution in [0.5, 0.6) is 0 Å². The number of nitrogens with one attached hydrogen (secondary N) is 1. The summed E-state index contributed by atoms with van der Waals surface area (Å²) in [5, 5.41) is 3.61. The molecule has 1 aliphatic heterocycles. The molecule has 0 spiro atoms. The van der Waals surface area contributed by atoms with E-state index in [9.17, 15) is 0 Å². The lowest BCUT2D eigenvalue weighted by atomic mass is 10.00. The number of rotatable bonds is 6. The van der Waals surface area contributed by atoms with Crippen LogP contribution in [0.4, 0.5) is 0 Å². The van der Waals surface area contributed by atoms with Crippen molar-refractivity contribution in [3.63, 3.8) is 0 Å². The van der Waals surface area contributed by atoms with Gasteiger partial charge in [0.15, 0.2) is 0 Å². The monoisotopic (exact) mass is 228 g/mol. The van der Waals surface area contributed by atoms with Crippen LogP contribution in [-0.2, 0) is 4.74 Å². The highest BCUT2D eigenvalue weighted by molar-refractivity contribution is 4.88. The molecular formula is C13H28N2O. The van der Waals surface area contributed by atoms with E-state index in [1.54, 1.807) is 0 Å². The summed E-state index contributed by atoms with van der Waals surface area (Å²) >= 11 is 0. The number of nitrogens with zero attached hydrogens (tertiary/aromatic N) is 1. The third kappa shape index (κ3) is 3.72. The first kappa shape index (κ1) is 13.9. The molecule has 0 saturated carbocycles. The van der Waals surface area contributed by atoms with E-state index in [4.69, 9.17) is 4.74 Å². The van der Waals surface area contributed by atoms with Gasteiger partial charge in [0.2, 0.25) is 0 Å². The van der Waals surface area contributed by atoms with Crippen LogP contribution in [0.3, 0.4) is 0 Å². The SMILES string of the molecule is CCCN(C(C)C)C1COCCC1NCC. The minimum atomic E-state index is 0.550. The zero-order valence-corrected chi connectivity index (χ0v) is 11.3. The van der Waals surface area contributed by atoms with E-state index < -0.39 is 0 Å². The molecule has 0 aromatic carbocycles. The van der Waals surface area contributed by atoms with Crippen LogP contribution < -0.4 is 5.32 Å². The molecule has 96 valence electrons. The van der Waals surface area contributed by atoms with Crippen molar-refractivity contribution in [1.29, 1.82) is 0 Å². The summed E-state index contributed by atoms with van der Waals surface area (Å²) in [6, 6.07) is 1.76. The third-order valence-corrected chi connectivity index (χ3v) is 3.36. The summed E-state index contributed by atoms with van der Waals surface area (Å²) < 4.78 is 5.65. The standard InChI is InChI=1S/C13H28N2O/c1-5-8-15(11(3)4)13-10-16-9-7-12(13)14-6-2/h11-14H,5-10H2,1-4H3. The minimum Gasteiger partial charge on any atom is -0.380 e. The summed E-state index contributed by atoms with van der Waals surface area (Å²) in [7, 11) is 0. The molecule has 3 heteroatoms. The molecule has 16 heavy (non-hydrogen) atoms. The lowest BCUT2D eigenvalue weighted by Gasteiger charge is -2.42. The van der Waals surface area contributed by atoms with E-state index in [0.29, 0.717) is 18.1 Å². The highest BCUT2D eigenvalue weighted by atomic mass is 16.5. The van der Waals surface area contributed by atoms with Gasteiger partial charge in [-0.15, -0.1) is 0 Å². The van der Waals surface area contributed by atoms with Crippen molar-refractivity contribution in [3.8, 4) is 0 Å². The fourth-order valence-corrected chi connectivity index (χ4v) is 2.62. The third-order valence-electron chi connectivity index (χ3n) is 3.36. The van der Waals surface area contributed by atoms with Crippen LogP contribution >= 0.6 is 0 Å². The smallest absolute Gasteiger partial charge is 0.0637 e. The van der Waals surface area contributed by atoms with Gasteiger partial charge >= 0.3 is 0 Å². The minimum absolute atomic E-state index is 0.550. The first-order valence-corrected chi connectivity index (χ1v) is 6.77. The van der Waals surface area contributed by atoms with E-state index in [-0.39, 0.29) is 0 Å². The Balaban J connectivity index is 2.62. The molecule has 0 amide bonds. The fraction of sp³-hybridized carbons (Fsp3) is 1.00. The second kappa shape index (κ2) is 7.25. The second-order valence-electron chi connectivity index (χ2n) is 4.93. The molecule has 2 atom stereocenters. The second-order valence-corrected chi connectivity index (χ2v) is 4.93. The van der Waals surface area contributed by atoms with Crippen molar-refractivity contribution in [3.05, 3.63) is 0 Å². The van der Waals surface area contributed by atoms with E-state index >= 15 is 0 Å². The average molecular weight is 228 g/mol. The molecule has 3 nitrogen and oxygen atoms in total. The van der Waals surface area contributed by atoms with Crippen LogP contribution in [0, 0.1) is 0 Å². The van der Waals surface area contributed by atoms with Gasteiger partial charge in [0.25, 0.3) is 0 Å². The van der Waals surface area contributed by atoms with Crippen LogP contribution in [0.15, 0.2) is 0 Å². The molecule has 0 radical (unpaired) electrons. The van der Waals surface area contributed by atoms with Gasteiger partial charge < -0.3 is 10.1 Å². The average Bonchev–Trinajstić information content (AvgIpc) is 2.27. The van der Waals surface area contributed by atoms with Crippen molar-refractivity contribution >= 4 is 0 Å². The van der Waals surface area contributed by atoms with Gasteiger partial charge in [-0.25, -0.2) is 0 Å². The van der Waals surface area contributed by atoms with Gasteiger partial charge in [-0.05, 0) is 39.8 Å². The normalized spacial score (nSPS) is 26.6. The van der Waals surface area contributed by atoms with Gasteiger partial charge in [0, 0.05) is 24.7 Å². The topological polar surface area (TPSA) is 24.5 Å². The zero-order valence-electron chi connectivity index (χ0n) is 11.3. The lowest BCUT2D eigenvalue weighted by molar-refractivity contribution is -0.0142. The van der Waals surface area contributed by atoms with Gasteiger partial charge in [0.1, 0.15) is 0 Å². The first-order chi connectivity index (χ1) is 7.70. The van der Waals surface area contributed by atoms with Gasteiger partial charge in [-0.1, -0.05) is 13.8 Å². The lowest BCUT2D eigenvalue weighted by Crippen LogP contribution is -2.57. The maximum atomic E-state index is 5.65. The Bertz CT molecular complexity index is 183. The Morgan fingerprint density at radius 3 is 2.69 bits per heavy atom. The van der Waals surface area contributed by atoms with Gasteiger partial charge in [-0.2, -0.15) is 0 Å². The summed E-state index contributed by atoms with van der Waals surface area (Å²) in [4.78, 5) is 2.59. The molecule has 1 fully saturated rings. The molecule has 1 saturated heterocycles. The van der Waals surface area contributed by atoms with Crippen molar-refractivity contribution in [1.82, 2.24) is 10.2 Å². The van der Waals surface area contributed by atoms with Crippen molar-refractivity contribution in [2.24, 2.45) is 0 Å². The molecule has 0 bridgehead atoms. The van der Waals surface area contributed by atoms with Crippen LogP contribution in [0.1, 0.15) is 40.5 Å². The molecule has 1 aliphatic rings. The van der Waals surface area contributed by atoms with Crippen molar-refractivity contribution in [2.45, 2.75) is 58.7 Å². The van der Waals surface area contributed by atoms with Gasteiger partial charge in [0.05, 0.1) is 6.61 Å². The summed E-state index contributed by atoms with van der Waals surface area (Å²) in [6.07, 6.45) is 2.36. The summed E-state index contributed by atoms with van der Waals surface area (Å²) in [6.45, 7) is 13.0. The predicted octanol–water partition coefficient (Wildman–Crippen LogP) is 1.87. The molecule has 1 heterocycles. The van der Waals surface area contributed by atoms with Crippen molar-refractivity contribution < 1.29 is 4.74 Å². The highest BCUT2D eigenvalue weighted by Gasteiger charge is 2.30. The van der Waals surface area contributed by atoms with Crippen LogP contribution in [0.25, 0.3) is 0 Å². The Labute approximate surface area is 101 Å². The highest BCUT2D eigenvalue weighted by Crippen LogP contribution is 2.17. The molecule has 2 unspecified atom stereocenters. The number of ether oxygens (including phenoxy) is 1. The maximum absolute atomic E-state index is 5.65. The Morgan fingerprint density at radius 2 is 2.12 bits per heavy atom. The molecule has 1 N–H and O–H groups in total. The van der Waals surface area contributed by atoms with E-state index in [0.717, 1.165) is 26.2 Å². The number of likely N-dealkylation sites (N-methyl/N-ethyl adjacent to an activating group) is 1. The van der Waals surface area contributed by atoms with Gasteiger partial charge in [-0.3, -0.25) is 4.90 Å². The molecular weight excluding hydrogens is 200 g/mol. The molecule has 0 aromatic rings. The maximum Gasteiger partial charge on any atom is 0.0637 e. The first-order valence-electron chi connectivity index (χ1n) is 6.77. The molecule has 0 aromatic heterocycles. The van der Waals surface area contributed by atoms with Crippen LogP contribution in [0.2, 0.25) is 0 Å². The van der Waals surface area contributed by atoms with Crippen molar-refractivity contribution in [2.75, 3.05) is 26.3 Å². The quantitative estimate of drug-likeness (QED) is 0.751. The zero-order chi connectivity index (χ0) is 12.0. The summed E-state index contributed by atoms with van der Waals surface area (Å²) in [5.74, 6) is 0. The van der Waals surface area contributed by atoms with Crippen LogP contribution in [-0.4, -0.2) is 49.3 Å². The fourth-order valence-electron chi connectivity index (χ4n) is 2.62. The number of hydrogen-bond acceptors (Lipinski definition) is 3. The predicted molar refractivity (Wildman–Crippen MR) is 68.8 cm³/mol. The Morgan fingerprint density at radius 1 is 1.38 bits per heavy atom. The Hall–Kier alpha value is -0.120. The van der Waals surface area contributed by atoms with E-state index in [1.807, 2.05) is 0 Å². The van der Waals surface area contributed by atoms with E-state index in [2.05, 4.69) is 37.9 Å². The summed E-state index contributed by atoms with van der Waals surface area (Å²) in [5.41, 5.74) is 0.